The summed E-state index contributed by atoms with van der Waals surface area (Å²) in [4.78, 5) is 6.90. The maximum Gasteiger partial charge on any atom is 0.170 e. The lowest BCUT2D eigenvalue weighted by atomic mass is 9.96. The van der Waals surface area contributed by atoms with Crippen molar-refractivity contribution in [3.05, 3.63) is 83.2 Å². The highest BCUT2D eigenvalue weighted by Gasteiger charge is 2.41. The average Bonchev–Trinajstić information content (AvgIpc) is 3.22. The predicted molar refractivity (Wildman–Crippen MR) is 122 cm³/mol. The van der Waals surface area contributed by atoms with Crippen molar-refractivity contribution in [1.82, 2.24) is 19.8 Å². The highest BCUT2D eigenvalue weighted by Crippen LogP contribution is 2.41. The molecule has 1 N–H and O–H groups in total. The van der Waals surface area contributed by atoms with Crippen LogP contribution in [0.1, 0.15) is 54.5 Å². The second-order valence-corrected chi connectivity index (χ2v) is 8.20. The smallest absolute Gasteiger partial charge is 0.170 e. The fourth-order valence-corrected chi connectivity index (χ4v) is 4.74. The van der Waals surface area contributed by atoms with Crippen LogP contribution in [-0.4, -0.2) is 26.1 Å². The van der Waals surface area contributed by atoms with Crippen LogP contribution in [0.25, 0.3) is 5.69 Å². The van der Waals surface area contributed by atoms with Crippen molar-refractivity contribution in [2.45, 2.75) is 45.7 Å². The Morgan fingerprint density at radius 2 is 1.97 bits per heavy atom. The number of nitrogens with zero attached hydrogens (tertiary/aromatic N) is 3. The Hall–Kier alpha value is -2.73. The van der Waals surface area contributed by atoms with E-state index in [1.807, 2.05) is 30.5 Å². The second kappa shape index (κ2) is 8.56. The van der Waals surface area contributed by atoms with Crippen molar-refractivity contribution >= 4 is 17.3 Å². The van der Waals surface area contributed by atoms with E-state index in [2.05, 4.69) is 46.6 Å². The zero-order valence-corrected chi connectivity index (χ0v) is 18.4. The summed E-state index contributed by atoms with van der Waals surface area (Å²) in [5, 5.41) is 4.27. The third-order valence-corrected chi connectivity index (χ3v) is 6.16. The highest BCUT2D eigenvalue weighted by molar-refractivity contribution is 7.80. The van der Waals surface area contributed by atoms with Gasteiger partial charge in [0.15, 0.2) is 5.11 Å². The minimum atomic E-state index is -0.235. The summed E-state index contributed by atoms with van der Waals surface area (Å²) < 4.78 is 16.0. The van der Waals surface area contributed by atoms with E-state index < -0.39 is 0 Å². The number of thiocarbonyl (C=S) groups is 1. The number of unbranched alkanes of at least 4 members (excludes halogenated alkanes) is 1. The Morgan fingerprint density at radius 1 is 1.13 bits per heavy atom. The quantitative estimate of drug-likeness (QED) is 0.539. The Labute approximate surface area is 182 Å². The molecule has 156 valence electrons. The molecule has 3 aromatic rings. The van der Waals surface area contributed by atoms with Gasteiger partial charge in [0.2, 0.25) is 0 Å². The molecule has 3 heterocycles. The Balaban J connectivity index is 1.82. The molecule has 1 aromatic carbocycles. The lowest BCUT2D eigenvalue weighted by Gasteiger charge is -2.28. The Bertz CT molecular complexity index is 1050. The number of pyridine rings is 1. The van der Waals surface area contributed by atoms with Crippen molar-refractivity contribution in [2.24, 2.45) is 0 Å². The van der Waals surface area contributed by atoms with Gasteiger partial charge in [0.1, 0.15) is 5.82 Å². The zero-order valence-electron chi connectivity index (χ0n) is 17.6. The van der Waals surface area contributed by atoms with Crippen molar-refractivity contribution < 1.29 is 4.39 Å². The van der Waals surface area contributed by atoms with Crippen LogP contribution in [0.15, 0.2) is 54.7 Å². The van der Waals surface area contributed by atoms with E-state index >= 15 is 0 Å². The number of halogens is 1. The van der Waals surface area contributed by atoms with Crippen LogP contribution in [-0.2, 0) is 0 Å². The topological polar surface area (TPSA) is 33.1 Å². The first-order chi connectivity index (χ1) is 14.5. The summed E-state index contributed by atoms with van der Waals surface area (Å²) in [5.74, 6) is -0.235. The molecule has 30 heavy (non-hydrogen) atoms. The SMILES string of the molecule is CCCCN1C(=S)NC(c2ccccn2)C1c1cc(C)n(-c2cccc(F)c2)c1C. The van der Waals surface area contributed by atoms with Crippen molar-refractivity contribution in [3.8, 4) is 5.69 Å². The van der Waals surface area contributed by atoms with Crippen LogP contribution in [0.5, 0.6) is 0 Å². The van der Waals surface area contributed by atoms with Crippen LogP contribution in [0.4, 0.5) is 4.39 Å². The van der Waals surface area contributed by atoms with Gasteiger partial charge in [-0.05, 0) is 74.4 Å². The normalized spacial score (nSPS) is 18.7. The molecule has 4 rings (SSSR count). The first-order valence-electron chi connectivity index (χ1n) is 10.4. The maximum atomic E-state index is 13.9. The van der Waals surface area contributed by atoms with Gasteiger partial charge >= 0.3 is 0 Å². The number of benzene rings is 1. The molecule has 6 heteroatoms. The molecular weight excluding hydrogens is 395 g/mol. The number of aromatic nitrogens is 2. The van der Waals surface area contributed by atoms with Gasteiger partial charge in [0, 0.05) is 29.8 Å². The number of hydrogen-bond acceptors (Lipinski definition) is 2. The van der Waals surface area contributed by atoms with Gasteiger partial charge in [-0.2, -0.15) is 0 Å². The summed E-state index contributed by atoms with van der Waals surface area (Å²) in [5.41, 5.74) is 5.16. The minimum Gasteiger partial charge on any atom is -0.352 e. The highest BCUT2D eigenvalue weighted by atomic mass is 32.1. The molecule has 0 aliphatic carbocycles. The monoisotopic (exact) mass is 422 g/mol. The molecule has 2 aromatic heterocycles. The summed E-state index contributed by atoms with van der Waals surface area (Å²) in [7, 11) is 0. The molecule has 2 atom stereocenters. The molecule has 0 spiro atoms. The first-order valence-corrected chi connectivity index (χ1v) is 10.8. The van der Waals surface area contributed by atoms with E-state index in [9.17, 15) is 4.39 Å². The van der Waals surface area contributed by atoms with Gasteiger partial charge in [-0.1, -0.05) is 25.5 Å². The second-order valence-electron chi connectivity index (χ2n) is 7.82. The van der Waals surface area contributed by atoms with E-state index in [-0.39, 0.29) is 17.9 Å². The summed E-state index contributed by atoms with van der Waals surface area (Å²) >= 11 is 5.73. The molecule has 1 aliphatic heterocycles. The van der Waals surface area contributed by atoms with Gasteiger partial charge in [0.05, 0.1) is 17.8 Å². The fourth-order valence-electron chi connectivity index (χ4n) is 4.41. The van der Waals surface area contributed by atoms with Crippen LogP contribution in [0.3, 0.4) is 0 Å². The summed E-state index contributed by atoms with van der Waals surface area (Å²) in [6, 6.07) is 14.9. The number of rotatable bonds is 6. The van der Waals surface area contributed by atoms with Crippen LogP contribution in [0, 0.1) is 19.7 Å². The number of aryl methyl sites for hydroxylation is 1. The number of hydrogen-bond donors (Lipinski definition) is 1. The third kappa shape index (κ3) is 3.72. The molecular formula is C24H27FN4S. The molecule has 1 fully saturated rings. The predicted octanol–water partition coefficient (Wildman–Crippen LogP) is 5.40. The van der Waals surface area contributed by atoms with Crippen LogP contribution >= 0.6 is 12.2 Å². The fraction of sp³-hybridized carbons (Fsp3) is 0.333. The average molecular weight is 423 g/mol. The molecule has 1 aliphatic rings. The minimum absolute atomic E-state index is 0.0305. The van der Waals surface area contributed by atoms with E-state index in [0.717, 1.165) is 47.3 Å². The third-order valence-electron chi connectivity index (χ3n) is 5.81. The van der Waals surface area contributed by atoms with E-state index in [1.165, 1.54) is 11.6 Å². The maximum absolute atomic E-state index is 13.9. The van der Waals surface area contributed by atoms with Crippen LogP contribution < -0.4 is 5.32 Å². The van der Waals surface area contributed by atoms with Gasteiger partial charge < -0.3 is 14.8 Å². The van der Waals surface area contributed by atoms with E-state index in [4.69, 9.17) is 12.2 Å². The molecule has 1 saturated heterocycles. The standard InChI is InChI=1S/C24H27FN4S/c1-4-5-13-28-23(22(27-24(28)30)21-11-6-7-12-26-21)20-14-16(2)29(17(20)3)19-10-8-9-18(25)15-19/h6-12,14-15,22-23H,4-5,13H2,1-3H3,(H,27,30). The summed E-state index contributed by atoms with van der Waals surface area (Å²) in [6.07, 6.45) is 3.99. The van der Waals surface area contributed by atoms with Crippen LogP contribution in [0.2, 0.25) is 0 Å². The molecule has 0 bridgehead atoms. The molecule has 0 saturated carbocycles. The molecule has 0 amide bonds. The van der Waals surface area contributed by atoms with Gasteiger partial charge in [-0.25, -0.2) is 4.39 Å². The van der Waals surface area contributed by atoms with E-state index in [1.54, 1.807) is 12.1 Å². The van der Waals surface area contributed by atoms with Gasteiger partial charge in [-0.3, -0.25) is 4.98 Å². The Kier molecular flexibility index (Phi) is 5.86. The molecule has 0 radical (unpaired) electrons. The van der Waals surface area contributed by atoms with Crippen molar-refractivity contribution in [2.75, 3.05) is 6.54 Å². The lowest BCUT2D eigenvalue weighted by molar-refractivity contribution is 0.312. The van der Waals surface area contributed by atoms with E-state index in [0.29, 0.717) is 0 Å². The molecule has 4 nitrogen and oxygen atoms in total. The Morgan fingerprint density at radius 3 is 2.67 bits per heavy atom. The van der Waals surface area contributed by atoms with Crippen molar-refractivity contribution in [3.63, 3.8) is 0 Å². The van der Waals surface area contributed by atoms with Gasteiger partial charge in [0.25, 0.3) is 0 Å². The summed E-state index contributed by atoms with van der Waals surface area (Å²) in [6.45, 7) is 7.24. The lowest BCUT2D eigenvalue weighted by Crippen LogP contribution is -2.30. The van der Waals surface area contributed by atoms with Gasteiger partial charge in [-0.15, -0.1) is 0 Å². The first kappa shape index (κ1) is 20.5. The molecule has 2 unspecified atom stereocenters. The largest absolute Gasteiger partial charge is 0.352 e. The van der Waals surface area contributed by atoms with Crippen molar-refractivity contribution in [1.29, 1.82) is 0 Å². The number of nitrogens with one attached hydrogen (secondary N) is 1. The zero-order chi connectivity index (χ0) is 21.3.